The Balaban J connectivity index is 0. The van der Waals surface area contributed by atoms with E-state index < -0.39 is 0 Å². The van der Waals surface area contributed by atoms with Crippen LogP contribution < -0.4 is 0 Å². The van der Waals surface area contributed by atoms with Crippen molar-refractivity contribution in [3.63, 3.8) is 0 Å². The van der Waals surface area contributed by atoms with Gasteiger partial charge in [0.15, 0.2) is 0 Å². The van der Waals surface area contributed by atoms with Gasteiger partial charge >= 0.3 is 67.7 Å². The van der Waals surface area contributed by atoms with Crippen LogP contribution in [0.15, 0.2) is 0 Å². The summed E-state index contributed by atoms with van der Waals surface area (Å²) >= 11 is 0. The predicted octanol–water partition coefficient (Wildman–Crippen LogP) is 0.856. The Hall–Kier alpha value is 1.93. The predicted molar refractivity (Wildman–Crippen MR) is 10.1 cm³/mol. The third kappa shape index (κ3) is 74.8. The van der Waals surface area contributed by atoms with E-state index in [-0.39, 0.29) is 86.1 Å². The SMILES string of the molecule is [Co+2].[Co+2].[Co+2].[Cr+3].[N-3].[N-3].[N-3]. The van der Waals surface area contributed by atoms with Gasteiger partial charge in [-0.3, -0.25) is 0 Å². The quantitative estimate of drug-likeness (QED) is 0.624. The Morgan fingerprint density at radius 2 is 0.429 bits per heavy atom. The molecule has 0 spiro atoms. The van der Waals surface area contributed by atoms with Crippen molar-refractivity contribution in [2.45, 2.75) is 0 Å². The second kappa shape index (κ2) is 102. The summed E-state index contributed by atoms with van der Waals surface area (Å²) in [5.41, 5.74) is 0. The summed E-state index contributed by atoms with van der Waals surface area (Å²) in [6, 6.07) is 0. The van der Waals surface area contributed by atoms with E-state index in [4.69, 9.17) is 0 Å². The summed E-state index contributed by atoms with van der Waals surface area (Å²) in [5.74, 6) is 0. The van der Waals surface area contributed by atoms with E-state index in [1.807, 2.05) is 0 Å². The van der Waals surface area contributed by atoms with Gasteiger partial charge in [-0.1, -0.05) is 0 Å². The van der Waals surface area contributed by atoms with Gasteiger partial charge in [-0.25, -0.2) is 0 Å². The number of hydrogen-bond acceptors (Lipinski definition) is 0. The van der Waals surface area contributed by atoms with Crippen LogP contribution in [0.4, 0.5) is 0 Å². The van der Waals surface area contributed by atoms with E-state index in [1.165, 1.54) is 0 Å². The summed E-state index contributed by atoms with van der Waals surface area (Å²) in [6.45, 7) is 0. The van der Waals surface area contributed by atoms with Crippen molar-refractivity contribution in [3.8, 4) is 0 Å². The van der Waals surface area contributed by atoms with Crippen LogP contribution in [0.3, 0.4) is 0 Å². The van der Waals surface area contributed by atoms with Crippen molar-refractivity contribution < 1.29 is 67.7 Å². The van der Waals surface area contributed by atoms with Gasteiger partial charge in [0.25, 0.3) is 0 Å². The Labute approximate surface area is 85.6 Å². The molecule has 0 atom stereocenters. The summed E-state index contributed by atoms with van der Waals surface area (Å²) in [6.07, 6.45) is 0. The summed E-state index contributed by atoms with van der Waals surface area (Å²) < 4.78 is 0. The Kier molecular flexibility index (Phi) is 2200. The zero-order chi connectivity index (χ0) is 0. The van der Waals surface area contributed by atoms with Crippen molar-refractivity contribution in [1.29, 1.82) is 0 Å². The fourth-order valence-electron chi connectivity index (χ4n) is 0. The maximum atomic E-state index is 0. The van der Waals surface area contributed by atoms with Crippen LogP contribution >= 0.6 is 0 Å². The maximum Gasteiger partial charge on any atom is 3.00 e. The van der Waals surface area contributed by atoms with Gasteiger partial charge in [-0.2, -0.15) is 0 Å². The van der Waals surface area contributed by atoms with Gasteiger partial charge in [-0.15, -0.1) is 0 Å². The van der Waals surface area contributed by atoms with Crippen molar-refractivity contribution in [1.82, 2.24) is 0 Å². The topological polar surface area (TPSA) is 91.5 Å². The Morgan fingerprint density at radius 3 is 0.429 bits per heavy atom. The first-order valence-electron chi connectivity index (χ1n) is 0. The first kappa shape index (κ1) is 151. The molecule has 0 rings (SSSR count). The number of rotatable bonds is 0. The minimum atomic E-state index is 0. The largest absolute Gasteiger partial charge is 3.00 e. The third-order valence-corrected chi connectivity index (χ3v) is 0. The molecule has 0 saturated heterocycles. The van der Waals surface area contributed by atoms with E-state index in [0.29, 0.717) is 0 Å². The minimum absolute atomic E-state index is 0. The van der Waals surface area contributed by atoms with Crippen molar-refractivity contribution >= 4 is 0 Å². The average molecular weight is 271 g/mol. The van der Waals surface area contributed by atoms with Crippen molar-refractivity contribution in [3.05, 3.63) is 18.5 Å². The summed E-state index contributed by atoms with van der Waals surface area (Å²) in [4.78, 5) is 0. The summed E-state index contributed by atoms with van der Waals surface area (Å²) in [7, 11) is 0. The molecule has 0 heterocycles. The number of hydrogen-bond donors (Lipinski definition) is 0. The Bertz CT molecular complexity index is 10.1. The van der Waals surface area contributed by atoms with Gasteiger partial charge in [0.05, 0.1) is 0 Å². The fourth-order valence-corrected chi connectivity index (χ4v) is 0. The molecule has 3 nitrogen and oxygen atoms in total. The first-order chi connectivity index (χ1) is 0. The molecule has 48 valence electrons. The second-order valence-electron chi connectivity index (χ2n) is 0. The van der Waals surface area contributed by atoms with Crippen LogP contribution in [0.5, 0.6) is 0 Å². The van der Waals surface area contributed by atoms with Crippen LogP contribution in [0.25, 0.3) is 18.5 Å². The normalized spacial score (nSPS) is 0. The molecule has 0 bridgehead atoms. The van der Waals surface area contributed by atoms with E-state index in [1.54, 1.807) is 0 Å². The molecular formula is Co3CrN3. The van der Waals surface area contributed by atoms with Crippen LogP contribution in [-0.4, -0.2) is 0 Å². The molecule has 0 fully saturated rings. The zero-order valence-corrected chi connectivity index (χ0v) is 7.15. The van der Waals surface area contributed by atoms with Gasteiger partial charge in [0.2, 0.25) is 0 Å². The molecule has 0 aliphatic rings. The third-order valence-electron chi connectivity index (χ3n) is 0. The fraction of sp³-hybridized carbons (Fsp3) is 0. The molecule has 0 aromatic heterocycles. The van der Waals surface area contributed by atoms with Crippen LogP contribution in [0.2, 0.25) is 0 Å². The molecule has 4 radical (unpaired) electrons. The molecule has 0 aromatic rings. The first-order valence-corrected chi connectivity index (χ1v) is 0. The van der Waals surface area contributed by atoms with E-state index in [0.717, 1.165) is 0 Å². The molecule has 7 heteroatoms. The van der Waals surface area contributed by atoms with Gasteiger partial charge < -0.3 is 18.5 Å². The molecule has 0 aromatic carbocycles. The minimum Gasteiger partial charge on any atom is -3.00 e. The Morgan fingerprint density at radius 1 is 0.429 bits per heavy atom. The smallest absolute Gasteiger partial charge is 3.00 e. The second-order valence-corrected chi connectivity index (χ2v) is 0. The van der Waals surface area contributed by atoms with E-state index in [2.05, 4.69) is 0 Å². The molecule has 0 N–H and O–H groups in total. The van der Waals surface area contributed by atoms with Crippen LogP contribution in [-0.2, 0) is 67.7 Å². The molecule has 0 aliphatic heterocycles. The molecule has 7 heavy (non-hydrogen) atoms. The maximum absolute atomic E-state index is 0. The number of nitrogens with zero attached hydrogens (tertiary/aromatic N) is 3. The molecular weight excluding hydrogens is 271 g/mol. The van der Waals surface area contributed by atoms with Gasteiger partial charge in [0.1, 0.15) is 0 Å². The van der Waals surface area contributed by atoms with Crippen LogP contribution in [0, 0.1) is 0 Å². The molecule has 0 aliphatic carbocycles. The van der Waals surface area contributed by atoms with Gasteiger partial charge in [0, 0.05) is 0 Å². The van der Waals surface area contributed by atoms with Crippen molar-refractivity contribution in [2.75, 3.05) is 0 Å². The standard InChI is InChI=1S/3Co.Cr.3N/q3*+2;+3;3*-3. The molecule has 0 unspecified atom stereocenters. The van der Waals surface area contributed by atoms with Gasteiger partial charge in [-0.05, 0) is 0 Å². The monoisotopic (exact) mass is 271 g/mol. The average Bonchev–Trinajstić information content (AvgIpc) is 0. The molecule has 0 saturated carbocycles. The van der Waals surface area contributed by atoms with Crippen molar-refractivity contribution in [2.24, 2.45) is 0 Å². The van der Waals surface area contributed by atoms with E-state index in [9.17, 15) is 0 Å². The zero-order valence-electron chi connectivity index (χ0n) is 2.75. The molecule has 0 amide bonds. The summed E-state index contributed by atoms with van der Waals surface area (Å²) in [5, 5.41) is 0. The van der Waals surface area contributed by atoms with E-state index >= 15 is 0 Å². The van der Waals surface area contributed by atoms with Crippen LogP contribution in [0.1, 0.15) is 0 Å².